The summed E-state index contributed by atoms with van der Waals surface area (Å²) in [7, 11) is 0. The lowest BCUT2D eigenvalue weighted by molar-refractivity contribution is 0.789. The van der Waals surface area contributed by atoms with E-state index in [1.807, 2.05) is 0 Å². The molecule has 0 rings (SSSR count). The number of hydrogen-bond acceptors (Lipinski definition) is 2. The lowest BCUT2D eigenvalue weighted by Gasteiger charge is -2.01. The van der Waals surface area contributed by atoms with Crippen molar-refractivity contribution in [2.75, 3.05) is 18.8 Å². The van der Waals surface area contributed by atoms with Gasteiger partial charge in [0.2, 0.25) is 0 Å². The van der Waals surface area contributed by atoms with Crippen molar-refractivity contribution in [2.45, 2.75) is 47.0 Å². The van der Waals surface area contributed by atoms with Crippen molar-refractivity contribution in [3.05, 3.63) is 11.6 Å². The number of thiol groups is 1. The Kier molecular flexibility index (Phi) is 18.3. The van der Waals surface area contributed by atoms with Gasteiger partial charge in [-0.2, -0.15) is 12.6 Å². The van der Waals surface area contributed by atoms with Gasteiger partial charge in [-0.05, 0) is 13.0 Å². The van der Waals surface area contributed by atoms with Gasteiger partial charge < -0.3 is 5.32 Å². The van der Waals surface area contributed by atoms with Gasteiger partial charge in [0, 0.05) is 12.3 Å². The van der Waals surface area contributed by atoms with Crippen LogP contribution >= 0.6 is 12.6 Å². The molecule has 2 heteroatoms. The summed E-state index contributed by atoms with van der Waals surface area (Å²) in [4.78, 5) is 0. The van der Waals surface area contributed by atoms with Crippen molar-refractivity contribution in [1.29, 1.82) is 0 Å². The lowest BCUT2D eigenvalue weighted by atomic mass is 10.1. The molecule has 0 aromatic rings. The van der Waals surface area contributed by atoms with Gasteiger partial charge in [-0.3, -0.25) is 0 Å². The van der Waals surface area contributed by atoms with Crippen LogP contribution in [0.4, 0.5) is 0 Å². The molecule has 0 aliphatic heterocycles. The van der Waals surface area contributed by atoms with Crippen LogP contribution in [0.3, 0.4) is 0 Å². The lowest BCUT2D eigenvalue weighted by Crippen LogP contribution is -2.12. The summed E-state index contributed by atoms with van der Waals surface area (Å²) in [5, 5.41) is 3.26. The second kappa shape index (κ2) is 15.5. The molecule has 0 saturated heterocycles. The molecule has 0 radical (unpaired) electrons. The zero-order valence-electron chi connectivity index (χ0n) is 10.3. The topological polar surface area (TPSA) is 12.0 Å². The van der Waals surface area contributed by atoms with Gasteiger partial charge in [0.25, 0.3) is 0 Å². The molecule has 0 amide bonds. The monoisotopic (exact) mass is 217 g/mol. The van der Waals surface area contributed by atoms with E-state index in [-0.39, 0.29) is 0 Å². The Morgan fingerprint density at radius 3 is 2.14 bits per heavy atom. The van der Waals surface area contributed by atoms with Crippen molar-refractivity contribution in [2.24, 2.45) is 0 Å². The van der Waals surface area contributed by atoms with Crippen LogP contribution in [0, 0.1) is 0 Å². The highest BCUT2D eigenvalue weighted by Gasteiger charge is 1.90. The fourth-order valence-corrected chi connectivity index (χ4v) is 1.21. The highest BCUT2D eigenvalue weighted by Crippen LogP contribution is 2.05. The predicted molar refractivity (Wildman–Crippen MR) is 71.4 cm³/mol. The quantitative estimate of drug-likeness (QED) is 0.393. The van der Waals surface area contributed by atoms with E-state index in [1.165, 1.54) is 24.8 Å². The summed E-state index contributed by atoms with van der Waals surface area (Å²) in [5.41, 5.74) is 1.46. The average molecular weight is 217 g/mol. The fraction of sp³-hybridized carbons (Fsp3) is 0.833. The first-order valence-corrected chi connectivity index (χ1v) is 6.39. The molecule has 1 N–H and O–H groups in total. The molecular weight excluding hydrogens is 190 g/mol. The van der Waals surface area contributed by atoms with Crippen LogP contribution in [0.15, 0.2) is 11.6 Å². The molecule has 0 aliphatic carbocycles. The third kappa shape index (κ3) is 14.6. The zero-order valence-corrected chi connectivity index (χ0v) is 11.2. The Bertz CT molecular complexity index is 121. The van der Waals surface area contributed by atoms with E-state index in [0.717, 1.165) is 18.8 Å². The molecule has 0 saturated carbocycles. The number of likely N-dealkylation sites (N-methyl/N-ethyl adjacent to an activating group) is 1. The molecule has 0 fully saturated rings. The van der Waals surface area contributed by atoms with Gasteiger partial charge in [0.05, 0.1) is 0 Å². The van der Waals surface area contributed by atoms with E-state index in [9.17, 15) is 0 Å². The Balaban J connectivity index is 0. The highest BCUT2D eigenvalue weighted by molar-refractivity contribution is 7.80. The van der Waals surface area contributed by atoms with Gasteiger partial charge in [-0.25, -0.2) is 0 Å². The molecule has 14 heavy (non-hydrogen) atoms. The third-order valence-electron chi connectivity index (χ3n) is 1.56. The Hall–Kier alpha value is 0.0500. The first kappa shape index (κ1) is 16.5. The third-order valence-corrected chi connectivity index (χ3v) is 1.97. The maximum Gasteiger partial charge on any atom is 0.0137 e. The Morgan fingerprint density at radius 2 is 1.79 bits per heavy atom. The van der Waals surface area contributed by atoms with Crippen LogP contribution < -0.4 is 5.32 Å². The van der Waals surface area contributed by atoms with Gasteiger partial charge in [-0.15, -0.1) is 0 Å². The summed E-state index contributed by atoms with van der Waals surface area (Å²) in [6, 6.07) is 0. The van der Waals surface area contributed by atoms with Crippen LogP contribution in [-0.2, 0) is 0 Å². The van der Waals surface area contributed by atoms with E-state index >= 15 is 0 Å². The summed E-state index contributed by atoms with van der Waals surface area (Å²) in [6.45, 7) is 10.6. The van der Waals surface area contributed by atoms with Gasteiger partial charge in [0.1, 0.15) is 0 Å². The van der Waals surface area contributed by atoms with Gasteiger partial charge in [-0.1, -0.05) is 52.2 Å². The minimum atomic E-state index is 0.902. The second-order valence-corrected chi connectivity index (χ2v) is 3.60. The van der Waals surface area contributed by atoms with Crippen LogP contribution in [0.5, 0.6) is 0 Å². The normalized spacial score (nSPS) is 10.8. The van der Waals surface area contributed by atoms with Crippen LogP contribution in [-0.4, -0.2) is 18.8 Å². The molecule has 0 aromatic carbocycles. The first-order valence-electron chi connectivity index (χ1n) is 5.76. The van der Waals surface area contributed by atoms with E-state index in [0.29, 0.717) is 0 Å². The minimum Gasteiger partial charge on any atom is -0.314 e. The molecule has 0 bridgehead atoms. The number of nitrogens with one attached hydrogen (secondary N) is 1. The number of hydrogen-bond donors (Lipinski definition) is 2. The highest BCUT2D eigenvalue weighted by atomic mass is 32.1. The molecule has 1 nitrogen and oxygen atoms in total. The zero-order chi connectivity index (χ0) is 11.2. The van der Waals surface area contributed by atoms with Gasteiger partial charge in [0.15, 0.2) is 0 Å². The summed E-state index contributed by atoms with van der Waals surface area (Å²) in [5.74, 6) is 0.902. The largest absolute Gasteiger partial charge is 0.314 e. The first-order chi connectivity index (χ1) is 6.76. The molecule has 0 heterocycles. The second-order valence-electron chi connectivity index (χ2n) is 3.29. The fourth-order valence-electron chi connectivity index (χ4n) is 0.928. The molecule has 0 aliphatic rings. The molecule has 0 unspecified atom stereocenters. The van der Waals surface area contributed by atoms with Gasteiger partial charge >= 0.3 is 0 Å². The van der Waals surface area contributed by atoms with Crippen LogP contribution in [0.2, 0.25) is 0 Å². The number of rotatable bonds is 6. The van der Waals surface area contributed by atoms with Crippen molar-refractivity contribution in [1.82, 2.24) is 5.32 Å². The summed E-state index contributed by atoms with van der Waals surface area (Å²) >= 11 is 4.26. The van der Waals surface area contributed by atoms with E-state index in [2.05, 4.69) is 51.7 Å². The van der Waals surface area contributed by atoms with Crippen molar-refractivity contribution >= 4 is 12.6 Å². The van der Waals surface area contributed by atoms with Crippen molar-refractivity contribution in [3.63, 3.8) is 0 Å². The molecular formula is C12H27NS. The average Bonchev–Trinajstić information content (AvgIpc) is 2.18. The summed E-state index contributed by atoms with van der Waals surface area (Å²) < 4.78 is 0. The smallest absolute Gasteiger partial charge is 0.0137 e. The van der Waals surface area contributed by atoms with Crippen molar-refractivity contribution in [3.8, 4) is 0 Å². The van der Waals surface area contributed by atoms with E-state index in [1.54, 1.807) is 0 Å². The minimum absolute atomic E-state index is 0.902. The van der Waals surface area contributed by atoms with Crippen LogP contribution in [0.1, 0.15) is 47.0 Å². The van der Waals surface area contributed by atoms with E-state index < -0.39 is 0 Å². The predicted octanol–water partition coefficient (Wildman–Crippen LogP) is 3.67. The van der Waals surface area contributed by atoms with Crippen molar-refractivity contribution < 1.29 is 0 Å². The Labute approximate surface area is 95.8 Å². The van der Waals surface area contributed by atoms with E-state index in [4.69, 9.17) is 0 Å². The standard InChI is InChI=1S/C9H19NS.C3H8/c1-3-5-9(8-11)6-7-10-4-2;1-3-2/h6,10-11H,3-5,7-8H2,1-2H3;3H2,1-2H3/b9-6+;. The summed E-state index contributed by atoms with van der Waals surface area (Å²) in [6.07, 6.45) is 5.91. The van der Waals surface area contributed by atoms with Crippen LogP contribution in [0.25, 0.3) is 0 Å². The Morgan fingerprint density at radius 1 is 1.21 bits per heavy atom. The molecule has 0 aromatic heterocycles. The molecule has 0 atom stereocenters. The molecule has 86 valence electrons. The molecule has 0 spiro atoms. The maximum absolute atomic E-state index is 4.26. The maximum atomic E-state index is 4.26. The SMILES string of the molecule is CCC.CCC/C(=C\CNCC)CS.